The molecule has 2 rings (SSSR count). The number of carbonyl (C=O) groups is 1. The van der Waals surface area contributed by atoms with Crippen molar-refractivity contribution in [2.45, 2.75) is 5.16 Å². The zero-order valence-corrected chi connectivity index (χ0v) is 12.2. The van der Waals surface area contributed by atoms with Gasteiger partial charge < -0.3 is 9.88 Å². The number of rotatable bonds is 6. The first-order chi connectivity index (χ1) is 9.72. The van der Waals surface area contributed by atoms with Crippen LogP contribution >= 0.6 is 11.8 Å². The molecule has 104 valence electrons. The zero-order chi connectivity index (χ0) is 14.4. The van der Waals surface area contributed by atoms with Crippen LogP contribution in [0.25, 0.3) is 11.3 Å². The van der Waals surface area contributed by atoms with Crippen LogP contribution in [0.1, 0.15) is 0 Å². The third-order valence-corrected chi connectivity index (χ3v) is 3.84. The number of hydrogen-bond donors (Lipinski definition) is 1. The van der Waals surface area contributed by atoms with Crippen LogP contribution in [-0.2, 0) is 11.8 Å². The molecule has 0 bridgehead atoms. The molecule has 1 aromatic heterocycles. The maximum atomic E-state index is 11.5. The molecule has 1 amide bonds. The first-order valence-electron chi connectivity index (χ1n) is 6.30. The molecule has 5 heteroatoms. The summed E-state index contributed by atoms with van der Waals surface area (Å²) < 4.78 is 2.00. The molecule has 1 aromatic carbocycles. The van der Waals surface area contributed by atoms with Crippen molar-refractivity contribution in [1.82, 2.24) is 14.9 Å². The Balaban J connectivity index is 2.03. The van der Waals surface area contributed by atoms with E-state index in [1.165, 1.54) is 11.8 Å². The second kappa shape index (κ2) is 6.96. The lowest BCUT2D eigenvalue weighted by molar-refractivity contribution is -0.118. The Hall–Kier alpha value is -2.01. The van der Waals surface area contributed by atoms with E-state index in [9.17, 15) is 4.79 Å². The standard InChI is InChI=1S/C15H17N3OS/c1-3-9-16-14(19)11-20-15-17-10-13(18(15)2)12-7-5-4-6-8-12/h3-8,10H,1,9,11H2,2H3,(H,16,19). The molecule has 0 unspecified atom stereocenters. The normalized spacial score (nSPS) is 10.2. The Bertz CT molecular complexity index is 592. The topological polar surface area (TPSA) is 46.9 Å². The van der Waals surface area contributed by atoms with Gasteiger partial charge in [0.15, 0.2) is 5.16 Å². The number of nitrogens with zero attached hydrogens (tertiary/aromatic N) is 2. The molecule has 0 spiro atoms. The van der Waals surface area contributed by atoms with E-state index in [1.54, 1.807) is 6.08 Å². The van der Waals surface area contributed by atoms with E-state index in [-0.39, 0.29) is 5.91 Å². The van der Waals surface area contributed by atoms with Crippen LogP contribution in [0.5, 0.6) is 0 Å². The van der Waals surface area contributed by atoms with E-state index < -0.39 is 0 Å². The van der Waals surface area contributed by atoms with E-state index in [4.69, 9.17) is 0 Å². The van der Waals surface area contributed by atoms with E-state index >= 15 is 0 Å². The van der Waals surface area contributed by atoms with Gasteiger partial charge in [-0.1, -0.05) is 48.2 Å². The van der Waals surface area contributed by atoms with Crippen LogP contribution in [0.3, 0.4) is 0 Å². The van der Waals surface area contributed by atoms with Crippen molar-refractivity contribution >= 4 is 17.7 Å². The van der Waals surface area contributed by atoms with Crippen LogP contribution in [0.2, 0.25) is 0 Å². The van der Waals surface area contributed by atoms with Crippen molar-refractivity contribution in [3.63, 3.8) is 0 Å². The molecule has 4 nitrogen and oxygen atoms in total. The third kappa shape index (κ3) is 3.51. The summed E-state index contributed by atoms with van der Waals surface area (Å²) in [7, 11) is 1.96. The van der Waals surface area contributed by atoms with Gasteiger partial charge in [-0.15, -0.1) is 6.58 Å². The molecule has 0 aliphatic heterocycles. The maximum absolute atomic E-state index is 11.5. The highest BCUT2D eigenvalue weighted by atomic mass is 32.2. The van der Waals surface area contributed by atoms with Crippen molar-refractivity contribution in [2.75, 3.05) is 12.3 Å². The van der Waals surface area contributed by atoms with Crippen molar-refractivity contribution in [3.05, 3.63) is 49.2 Å². The number of benzene rings is 1. The molecule has 0 saturated carbocycles. The molecule has 0 aliphatic carbocycles. The number of nitrogens with one attached hydrogen (secondary N) is 1. The van der Waals surface area contributed by atoms with Crippen molar-refractivity contribution in [1.29, 1.82) is 0 Å². The predicted molar refractivity (Wildman–Crippen MR) is 82.6 cm³/mol. The minimum Gasteiger partial charge on any atom is -0.352 e. The maximum Gasteiger partial charge on any atom is 0.230 e. The van der Waals surface area contributed by atoms with Gasteiger partial charge in [-0.25, -0.2) is 4.98 Å². The average molecular weight is 287 g/mol. The SMILES string of the molecule is C=CCNC(=O)CSc1ncc(-c2ccccc2)n1C. The molecule has 0 saturated heterocycles. The quantitative estimate of drug-likeness (QED) is 0.656. The summed E-state index contributed by atoms with van der Waals surface area (Å²) in [5, 5.41) is 3.58. The Morgan fingerprint density at radius 1 is 1.45 bits per heavy atom. The molecule has 0 fully saturated rings. The van der Waals surface area contributed by atoms with Crippen LogP contribution in [0.15, 0.2) is 54.3 Å². The number of imidazole rings is 1. The van der Waals surface area contributed by atoms with Gasteiger partial charge >= 0.3 is 0 Å². The molecule has 0 atom stereocenters. The van der Waals surface area contributed by atoms with Gasteiger partial charge in [0.25, 0.3) is 0 Å². The Labute approximate surface area is 122 Å². The van der Waals surface area contributed by atoms with Gasteiger partial charge in [0, 0.05) is 13.6 Å². The fourth-order valence-corrected chi connectivity index (χ4v) is 2.55. The van der Waals surface area contributed by atoms with Gasteiger partial charge in [-0.3, -0.25) is 4.79 Å². The number of carbonyl (C=O) groups excluding carboxylic acids is 1. The highest BCUT2D eigenvalue weighted by molar-refractivity contribution is 7.99. The number of thioether (sulfide) groups is 1. The number of amides is 1. The number of aromatic nitrogens is 2. The van der Waals surface area contributed by atoms with Crippen LogP contribution < -0.4 is 5.32 Å². The molecular weight excluding hydrogens is 270 g/mol. The summed E-state index contributed by atoms with van der Waals surface area (Å²) in [6, 6.07) is 10.1. The molecule has 20 heavy (non-hydrogen) atoms. The van der Waals surface area contributed by atoms with E-state index in [0.717, 1.165) is 16.4 Å². The lowest BCUT2D eigenvalue weighted by atomic mass is 10.2. The zero-order valence-electron chi connectivity index (χ0n) is 11.4. The molecule has 0 aliphatic rings. The highest BCUT2D eigenvalue weighted by Gasteiger charge is 2.10. The summed E-state index contributed by atoms with van der Waals surface area (Å²) >= 11 is 1.43. The monoisotopic (exact) mass is 287 g/mol. The summed E-state index contributed by atoms with van der Waals surface area (Å²) in [6.07, 6.45) is 3.50. The van der Waals surface area contributed by atoms with Crippen LogP contribution in [-0.4, -0.2) is 27.8 Å². The predicted octanol–water partition coefficient (Wildman–Crippen LogP) is 2.48. The fraction of sp³-hybridized carbons (Fsp3) is 0.200. The number of hydrogen-bond acceptors (Lipinski definition) is 3. The van der Waals surface area contributed by atoms with Gasteiger partial charge in [0.2, 0.25) is 5.91 Å². The van der Waals surface area contributed by atoms with Crippen molar-refractivity contribution in [2.24, 2.45) is 7.05 Å². The lowest BCUT2D eigenvalue weighted by Crippen LogP contribution is -2.25. The first kappa shape index (κ1) is 14.4. The fourth-order valence-electron chi connectivity index (χ4n) is 1.77. The smallest absolute Gasteiger partial charge is 0.230 e. The van der Waals surface area contributed by atoms with Gasteiger partial charge in [-0.2, -0.15) is 0 Å². The molecule has 2 aromatic rings. The van der Waals surface area contributed by atoms with E-state index in [2.05, 4.69) is 16.9 Å². The highest BCUT2D eigenvalue weighted by Crippen LogP contribution is 2.24. The van der Waals surface area contributed by atoms with Gasteiger partial charge in [-0.05, 0) is 5.56 Å². The molecule has 1 N–H and O–H groups in total. The minimum absolute atomic E-state index is 0.0147. The van der Waals surface area contributed by atoms with Crippen molar-refractivity contribution in [3.8, 4) is 11.3 Å². The second-order valence-corrected chi connectivity index (χ2v) is 5.17. The first-order valence-corrected chi connectivity index (χ1v) is 7.28. The summed E-state index contributed by atoms with van der Waals surface area (Å²) in [4.78, 5) is 15.9. The van der Waals surface area contributed by atoms with Gasteiger partial charge in [0.05, 0.1) is 17.6 Å². The summed E-state index contributed by atoms with van der Waals surface area (Å²) in [5.41, 5.74) is 2.16. The Morgan fingerprint density at radius 3 is 2.90 bits per heavy atom. The molecular formula is C15H17N3OS. The third-order valence-electron chi connectivity index (χ3n) is 2.79. The summed E-state index contributed by atoms with van der Waals surface area (Å²) in [5.74, 6) is 0.339. The van der Waals surface area contributed by atoms with E-state index in [0.29, 0.717) is 12.3 Å². The van der Waals surface area contributed by atoms with E-state index in [1.807, 2.05) is 48.1 Å². The lowest BCUT2D eigenvalue weighted by Gasteiger charge is -2.06. The minimum atomic E-state index is -0.0147. The molecule has 1 heterocycles. The second-order valence-electron chi connectivity index (χ2n) is 4.23. The molecule has 0 radical (unpaired) electrons. The summed E-state index contributed by atoms with van der Waals surface area (Å²) in [6.45, 7) is 4.06. The Kier molecular flexibility index (Phi) is 5.01. The van der Waals surface area contributed by atoms with Crippen molar-refractivity contribution < 1.29 is 4.79 Å². The van der Waals surface area contributed by atoms with Crippen LogP contribution in [0, 0.1) is 0 Å². The van der Waals surface area contributed by atoms with Gasteiger partial charge in [0.1, 0.15) is 0 Å². The Morgan fingerprint density at radius 2 is 2.20 bits per heavy atom. The average Bonchev–Trinajstić information content (AvgIpc) is 2.85. The van der Waals surface area contributed by atoms with Crippen LogP contribution in [0.4, 0.5) is 0 Å². The largest absolute Gasteiger partial charge is 0.352 e.